The Labute approximate surface area is 185 Å². The Morgan fingerprint density at radius 3 is 2.52 bits per heavy atom. The van der Waals surface area contributed by atoms with Gasteiger partial charge in [0.1, 0.15) is 12.4 Å². The second kappa shape index (κ2) is 9.64. The summed E-state index contributed by atoms with van der Waals surface area (Å²) in [6.45, 7) is 3.38. The summed E-state index contributed by atoms with van der Waals surface area (Å²) in [6, 6.07) is 8.39. The molecule has 2 aromatic carbocycles. The van der Waals surface area contributed by atoms with E-state index in [1.54, 1.807) is 14.2 Å². The third-order valence-electron chi connectivity index (χ3n) is 5.16. The molecule has 5 nitrogen and oxygen atoms in total. The average Bonchev–Trinajstić information content (AvgIpc) is 2.76. The summed E-state index contributed by atoms with van der Waals surface area (Å²) in [7, 11) is 3.14. The maximum Gasteiger partial charge on any atom is 0.416 e. The molecule has 1 aliphatic heterocycles. The van der Waals surface area contributed by atoms with Gasteiger partial charge in [-0.1, -0.05) is 6.07 Å². The summed E-state index contributed by atoms with van der Waals surface area (Å²) in [5.74, 6) is 1.35. The number of fused-ring (bicyclic) bond motifs is 1. The lowest BCUT2D eigenvalue weighted by atomic mass is 9.92. The number of halogens is 3. The molecule has 0 aromatic heterocycles. The van der Waals surface area contributed by atoms with E-state index in [1.165, 1.54) is 12.1 Å². The number of thiocarbonyl (C=S) groups is 1. The van der Waals surface area contributed by atoms with Crippen molar-refractivity contribution in [2.24, 2.45) is 0 Å². The van der Waals surface area contributed by atoms with Gasteiger partial charge in [0.2, 0.25) is 0 Å². The first-order valence-electron chi connectivity index (χ1n) is 9.87. The number of hydrogen-bond acceptors (Lipinski definition) is 4. The summed E-state index contributed by atoms with van der Waals surface area (Å²) in [6.07, 6.45) is -3.69. The van der Waals surface area contributed by atoms with Crippen molar-refractivity contribution >= 4 is 17.3 Å². The normalized spacial score (nSPS) is 15.8. The second-order valence-electron chi connectivity index (χ2n) is 7.04. The number of rotatable bonds is 6. The van der Waals surface area contributed by atoms with E-state index in [1.807, 2.05) is 24.0 Å². The minimum absolute atomic E-state index is 0.120. The topological polar surface area (TPSA) is 43.0 Å². The van der Waals surface area contributed by atoms with Crippen molar-refractivity contribution in [1.82, 2.24) is 10.2 Å². The fraction of sp³-hybridized carbons (Fsp3) is 0.409. The molecule has 1 unspecified atom stereocenters. The molecule has 0 aliphatic carbocycles. The minimum Gasteiger partial charge on any atom is -0.493 e. The molecule has 0 bridgehead atoms. The number of benzene rings is 2. The average molecular weight is 455 g/mol. The van der Waals surface area contributed by atoms with Crippen LogP contribution in [-0.2, 0) is 12.6 Å². The maximum absolute atomic E-state index is 13.1. The summed E-state index contributed by atoms with van der Waals surface area (Å²) in [4.78, 5) is 2.00. The van der Waals surface area contributed by atoms with E-state index >= 15 is 0 Å². The number of methoxy groups -OCH3 is 2. The summed E-state index contributed by atoms with van der Waals surface area (Å²) < 4.78 is 55.8. The Hall–Kier alpha value is -2.68. The highest BCUT2D eigenvalue weighted by Crippen LogP contribution is 2.39. The van der Waals surface area contributed by atoms with Crippen LogP contribution in [0.1, 0.15) is 29.7 Å². The standard InChI is InChI=1S/C22H25F3N2O3S/c1-4-26-21(31)27-9-8-14-10-19(28-2)20(29-3)12-17(14)18(27)13-30-16-7-5-6-15(11-16)22(23,24)25/h5-7,10-12,18H,4,8-9,13H2,1-3H3,(H,26,31). The van der Waals surface area contributed by atoms with Gasteiger partial charge in [0.15, 0.2) is 16.6 Å². The molecule has 0 radical (unpaired) electrons. The van der Waals surface area contributed by atoms with Crippen LogP contribution in [0.15, 0.2) is 36.4 Å². The molecule has 2 aromatic rings. The number of hydrogen-bond donors (Lipinski definition) is 1. The van der Waals surface area contributed by atoms with Gasteiger partial charge in [-0.3, -0.25) is 0 Å². The van der Waals surface area contributed by atoms with Crippen LogP contribution in [0, 0.1) is 0 Å². The molecule has 1 N–H and O–H groups in total. The lowest BCUT2D eigenvalue weighted by molar-refractivity contribution is -0.137. The van der Waals surface area contributed by atoms with Gasteiger partial charge in [-0.25, -0.2) is 0 Å². The lowest BCUT2D eigenvalue weighted by Gasteiger charge is -2.39. The predicted octanol–water partition coefficient (Wildman–Crippen LogP) is 4.60. The van der Waals surface area contributed by atoms with Crippen LogP contribution >= 0.6 is 12.2 Å². The molecule has 1 aliphatic rings. The van der Waals surface area contributed by atoms with Crippen LogP contribution in [0.3, 0.4) is 0 Å². The smallest absolute Gasteiger partial charge is 0.416 e. The van der Waals surface area contributed by atoms with E-state index in [0.29, 0.717) is 29.7 Å². The summed E-state index contributed by atoms with van der Waals surface area (Å²) in [5, 5.41) is 3.72. The Bertz CT molecular complexity index is 937. The Kier molecular flexibility index (Phi) is 7.15. The molecule has 9 heteroatoms. The number of nitrogens with one attached hydrogen (secondary N) is 1. The Morgan fingerprint density at radius 1 is 1.16 bits per heavy atom. The van der Waals surface area contributed by atoms with E-state index in [4.69, 9.17) is 26.4 Å². The molecule has 0 spiro atoms. The van der Waals surface area contributed by atoms with Gasteiger partial charge in [0.25, 0.3) is 0 Å². The van der Waals surface area contributed by atoms with E-state index in [0.717, 1.165) is 29.7 Å². The van der Waals surface area contributed by atoms with Gasteiger partial charge in [-0.05, 0) is 67.0 Å². The maximum atomic E-state index is 13.1. The highest BCUT2D eigenvalue weighted by molar-refractivity contribution is 7.80. The monoisotopic (exact) mass is 454 g/mol. The van der Waals surface area contributed by atoms with Crippen LogP contribution < -0.4 is 19.5 Å². The molecule has 0 amide bonds. The largest absolute Gasteiger partial charge is 0.493 e. The van der Waals surface area contributed by atoms with Crippen molar-refractivity contribution < 1.29 is 27.4 Å². The second-order valence-corrected chi connectivity index (χ2v) is 7.42. The van der Waals surface area contributed by atoms with E-state index in [-0.39, 0.29) is 18.4 Å². The van der Waals surface area contributed by atoms with Crippen molar-refractivity contribution in [2.75, 3.05) is 33.9 Å². The van der Waals surface area contributed by atoms with Crippen molar-refractivity contribution in [1.29, 1.82) is 0 Å². The molecule has 168 valence electrons. The third kappa shape index (κ3) is 5.15. The van der Waals surface area contributed by atoms with Crippen LogP contribution in [-0.4, -0.2) is 43.9 Å². The van der Waals surface area contributed by atoms with Crippen LogP contribution in [0.2, 0.25) is 0 Å². The van der Waals surface area contributed by atoms with Crippen LogP contribution in [0.4, 0.5) is 13.2 Å². The third-order valence-corrected chi connectivity index (χ3v) is 5.54. The molecular formula is C22H25F3N2O3S. The van der Waals surface area contributed by atoms with Gasteiger partial charge >= 0.3 is 6.18 Å². The Morgan fingerprint density at radius 2 is 1.87 bits per heavy atom. The summed E-state index contributed by atoms with van der Waals surface area (Å²) in [5.41, 5.74) is 1.25. The zero-order valence-corrected chi connectivity index (χ0v) is 18.4. The zero-order valence-electron chi connectivity index (χ0n) is 17.6. The highest BCUT2D eigenvalue weighted by Gasteiger charge is 2.33. The van der Waals surface area contributed by atoms with Gasteiger partial charge in [0, 0.05) is 13.1 Å². The van der Waals surface area contributed by atoms with Crippen molar-refractivity contribution in [3.63, 3.8) is 0 Å². The fourth-order valence-corrected chi connectivity index (χ4v) is 4.00. The number of alkyl halides is 3. The SMILES string of the molecule is CCNC(=S)N1CCc2cc(OC)c(OC)cc2C1COc1cccc(C(F)(F)F)c1. The van der Waals surface area contributed by atoms with Crippen LogP contribution in [0.25, 0.3) is 0 Å². The van der Waals surface area contributed by atoms with Crippen LogP contribution in [0.5, 0.6) is 17.2 Å². The quantitative estimate of drug-likeness (QED) is 0.644. The molecule has 3 rings (SSSR count). The van der Waals surface area contributed by atoms with E-state index in [2.05, 4.69) is 5.32 Å². The van der Waals surface area contributed by atoms with Gasteiger partial charge in [-0.15, -0.1) is 0 Å². The first-order valence-corrected chi connectivity index (χ1v) is 10.3. The first kappa shape index (κ1) is 23.0. The van der Waals surface area contributed by atoms with Crippen molar-refractivity contribution in [3.05, 3.63) is 53.1 Å². The number of ether oxygens (including phenoxy) is 3. The van der Waals surface area contributed by atoms with Gasteiger partial charge in [-0.2, -0.15) is 13.2 Å². The highest BCUT2D eigenvalue weighted by atomic mass is 32.1. The molecule has 1 atom stereocenters. The predicted molar refractivity (Wildman–Crippen MR) is 116 cm³/mol. The lowest BCUT2D eigenvalue weighted by Crippen LogP contribution is -2.47. The molecule has 1 heterocycles. The van der Waals surface area contributed by atoms with Gasteiger partial charge < -0.3 is 24.4 Å². The van der Waals surface area contributed by atoms with Gasteiger partial charge in [0.05, 0.1) is 25.8 Å². The molecular weight excluding hydrogens is 429 g/mol. The Balaban J connectivity index is 1.93. The molecule has 0 saturated carbocycles. The van der Waals surface area contributed by atoms with Crippen molar-refractivity contribution in [3.8, 4) is 17.2 Å². The molecule has 0 saturated heterocycles. The molecule has 0 fully saturated rings. The van der Waals surface area contributed by atoms with Crippen molar-refractivity contribution in [2.45, 2.75) is 25.6 Å². The minimum atomic E-state index is -4.43. The number of nitrogens with zero attached hydrogens (tertiary/aromatic N) is 1. The first-order chi connectivity index (χ1) is 14.8. The molecule has 31 heavy (non-hydrogen) atoms. The zero-order chi connectivity index (χ0) is 22.6. The fourth-order valence-electron chi connectivity index (χ4n) is 3.64. The van der Waals surface area contributed by atoms with E-state index in [9.17, 15) is 13.2 Å². The van der Waals surface area contributed by atoms with E-state index < -0.39 is 11.7 Å². The summed E-state index contributed by atoms with van der Waals surface area (Å²) >= 11 is 5.54.